The minimum absolute atomic E-state index is 0.188. The lowest BCUT2D eigenvalue weighted by Gasteiger charge is -2.19. The topological polar surface area (TPSA) is 50.9 Å². The number of aliphatic hydroxyl groups excluding tert-OH is 1. The predicted molar refractivity (Wildman–Crippen MR) is 80.0 cm³/mol. The van der Waals surface area contributed by atoms with Crippen molar-refractivity contribution in [1.82, 2.24) is 14.8 Å². The van der Waals surface area contributed by atoms with Crippen LogP contribution in [-0.2, 0) is 6.42 Å². The first-order valence-corrected chi connectivity index (χ1v) is 7.93. The maximum absolute atomic E-state index is 10.6. The van der Waals surface area contributed by atoms with E-state index in [2.05, 4.69) is 42.1 Å². The lowest BCUT2D eigenvalue weighted by molar-refractivity contribution is 0.147. The summed E-state index contributed by atoms with van der Waals surface area (Å²) < 4.78 is 1.89. The zero-order valence-corrected chi connectivity index (χ0v) is 12.5. The van der Waals surface area contributed by atoms with Crippen LogP contribution in [0.3, 0.4) is 0 Å². The number of hydrogen-bond donors (Lipinski definition) is 1. The van der Waals surface area contributed by atoms with Gasteiger partial charge in [0.05, 0.1) is 6.10 Å². The molecule has 0 radical (unpaired) electrons. The summed E-state index contributed by atoms with van der Waals surface area (Å²) in [6.07, 6.45) is 1.71. The van der Waals surface area contributed by atoms with Crippen molar-refractivity contribution < 1.29 is 5.11 Å². The van der Waals surface area contributed by atoms with Crippen molar-refractivity contribution in [3.8, 4) is 0 Å². The molecule has 106 valence electrons. The summed E-state index contributed by atoms with van der Waals surface area (Å²) in [5.41, 5.74) is 1.26. The van der Waals surface area contributed by atoms with Gasteiger partial charge in [-0.15, -0.1) is 11.8 Å². The molecule has 1 N–H and O–H groups in total. The number of benzene rings is 1. The quantitative estimate of drug-likeness (QED) is 0.940. The molecular formula is C15H19N3OS. The molecule has 0 spiro atoms. The normalized spacial score (nSPS) is 19.3. The lowest BCUT2D eigenvalue weighted by Crippen LogP contribution is -2.23. The Kier molecular flexibility index (Phi) is 3.81. The minimum Gasteiger partial charge on any atom is -0.392 e. The van der Waals surface area contributed by atoms with E-state index < -0.39 is 6.10 Å². The highest BCUT2D eigenvalue weighted by molar-refractivity contribution is 7.99. The van der Waals surface area contributed by atoms with Crippen LogP contribution in [0.1, 0.15) is 37.2 Å². The van der Waals surface area contributed by atoms with Crippen molar-refractivity contribution in [2.45, 2.75) is 43.2 Å². The molecule has 2 heterocycles. The average Bonchev–Trinajstić information content (AvgIpc) is 3.04. The summed E-state index contributed by atoms with van der Waals surface area (Å²) >= 11 is 1.82. The highest BCUT2D eigenvalue weighted by Crippen LogP contribution is 2.41. The first-order chi connectivity index (χ1) is 9.66. The summed E-state index contributed by atoms with van der Waals surface area (Å²) in [5.74, 6) is 1.99. The zero-order valence-electron chi connectivity index (χ0n) is 11.7. The molecule has 0 saturated heterocycles. The summed E-state index contributed by atoms with van der Waals surface area (Å²) in [6, 6.07) is 8.61. The van der Waals surface area contributed by atoms with Gasteiger partial charge in [-0.1, -0.05) is 18.2 Å². The van der Waals surface area contributed by atoms with E-state index in [1.807, 2.05) is 22.5 Å². The monoisotopic (exact) mass is 289 g/mol. The SMILES string of the molecule is CC(C)n1ncnc1CC(O)C1CSc2ccccc21. The van der Waals surface area contributed by atoms with Gasteiger partial charge >= 0.3 is 0 Å². The maximum atomic E-state index is 10.6. The van der Waals surface area contributed by atoms with Gasteiger partial charge in [0.25, 0.3) is 0 Å². The Balaban J connectivity index is 1.78. The lowest BCUT2D eigenvalue weighted by atomic mass is 9.93. The second-order valence-electron chi connectivity index (χ2n) is 5.44. The van der Waals surface area contributed by atoms with Crippen LogP contribution < -0.4 is 0 Å². The Labute approximate surface area is 123 Å². The van der Waals surface area contributed by atoms with Gasteiger partial charge in [-0.05, 0) is 25.5 Å². The van der Waals surface area contributed by atoms with Gasteiger partial charge in [-0.2, -0.15) is 5.10 Å². The number of aliphatic hydroxyl groups is 1. The van der Waals surface area contributed by atoms with Crippen LogP contribution in [0.4, 0.5) is 0 Å². The van der Waals surface area contributed by atoms with E-state index >= 15 is 0 Å². The smallest absolute Gasteiger partial charge is 0.138 e. The molecule has 0 amide bonds. The third-order valence-electron chi connectivity index (χ3n) is 3.73. The third kappa shape index (κ3) is 2.47. The second-order valence-corrected chi connectivity index (χ2v) is 6.50. The molecule has 2 atom stereocenters. The van der Waals surface area contributed by atoms with Crippen LogP contribution in [0.5, 0.6) is 0 Å². The van der Waals surface area contributed by atoms with Gasteiger partial charge in [0.1, 0.15) is 12.2 Å². The molecule has 4 nitrogen and oxygen atoms in total. The zero-order chi connectivity index (χ0) is 14.1. The Morgan fingerprint density at radius 1 is 1.40 bits per heavy atom. The van der Waals surface area contributed by atoms with E-state index in [-0.39, 0.29) is 12.0 Å². The summed E-state index contributed by atoms with van der Waals surface area (Å²) in [6.45, 7) is 4.15. The second kappa shape index (κ2) is 5.58. The Morgan fingerprint density at radius 2 is 2.20 bits per heavy atom. The number of rotatable bonds is 4. The first-order valence-electron chi connectivity index (χ1n) is 6.95. The highest BCUT2D eigenvalue weighted by atomic mass is 32.2. The fourth-order valence-electron chi connectivity index (χ4n) is 2.69. The molecule has 1 aromatic carbocycles. The first kappa shape index (κ1) is 13.6. The van der Waals surface area contributed by atoms with E-state index in [9.17, 15) is 5.11 Å². The van der Waals surface area contributed by atoms with Crippen LogP contribution in [-0.4, -0.2) is 31.7 Å². The van der Waals surface area contributed by atoms with Gasteiger partial charge in [0, 0.05) is 29.0 Å². The van der Waals surface area contributed by atoms with Crippen LogP contribution in [0.15, 0.2) is 35.5 Å². The van der Waals surface area contributed by atoms with Gasteiger partial charge in [-0.3, -0.25) is 0 Å². The molecule has 20 heavy (non-hydrogen) atoms. The fraction of sp³-hybridized carbons (Fsp3) is 0.467. The molecule has 0 bridgehead atoms. The molecule has 0 saturated carbocycles. The Bertz CT molecular complexity index is 596. The summed E-state index contributed by atoms with van der Waals surface area (Å²) in [4.78, 5) is 5.58. The van der Waals surface area contributed by atoms with Crippen molar-refractivity contribution in [2.24, 2.45) is 0 Å². The Morgan fingerprint density at radius 3 is 3.00 bits per heavy atom. The fourth-order valence-corrected chi connectivity index (χ4v) is 4.01. The van der Waals surface area contributed by atoms with E-state index in [1.165, 1.54) is 10.5 Å². The van der Waals surface area contributed by atoms with Gasteiger partial charge in [-0.25, -0.2) is 9.67 Å². The van der Waals surface area contributed by atoms with E-state index in [4.69, 9.17) is 0 Å². The number of aromatic nitrogens is 3. The maximum Gasteiger partial charge on any atom is 0.138 e. The standard InChI is InChI=1S/C15H19N3OS/c1-10(2)18-15(16-9-17-18)7-13(19)12-8-20-14-6-4-3-5-11(12)14/h3-6,9-10,12-13,19H,7-8H2,1-2H3. The molecule has 2 aromatic rings. The van der Waals surface area contributed by atoms with Gasteiger partial charge < -0.3 is 5.11 Å². The van der Waals surface area contributed by atoms with Crippen LogP contribution in [0.25, 0.3) is 0 Å². The molecule has 2 unspecified atom stereocenters. The van der Waals surface area contributed by atoms with Gasteiger partial charge in [0.15, 0.2) is 0 Å². The van der Waals surface area contributed by atoms with Crippen LogP contribution in [0.2, 0.25) is 0 Å². The largest absolute Gasteiger partial charge is 0.392 e. The molecule has 1 aromatic heterocycles. The number of nitrogens with zero attached hydrogens (tertiary/aromatic N) is 3. The Hall–Kier alpha value is -1.33. The van der Waals surface area contributed by atoms with Crippen molar-refractivity contribution in [3.05, 3.63) is 42.0 Å². The molecule has 0 fully saturated rings. The van der Waals surface area contributed by atoms with Crippen LogP contribution >= 0.6 is 11.8 Å². The molecule has 1 aliphatic rings. The van der Waals surface area contributed by atoms with E-state index in [1.54, 1.807) is 6.33 Å². The molecular weight excluding hydrogens is 270 g/mol. The highest BCUT2D eigenvalue weighted by Gasteiger charge is 2.30. The van der Waals surface area contributed by atoms with Crippen molar-refractivity contribution >= 4 is 11.8 Å². The molecule has 0 aliphatic carbocycles. The number of thioether (sulfide) groups is 1. The van der Waals surface area contributed by atoms with Crippen molar-refractivity contribution in [2.75, 3.05) is 5.75 Å². The third-order valence-corrected chi connectivity index (χ3v) is 4.94. The number of hydrogen-bond acceptors (Lipinski definition) is 4. The molecule has 3 rings (SSSR count). The summed E-state index contributed by atoms with van der Waals surface area (Å²) in [5, 5.41) is 14.8. The predicted octanol–water partition coefficient (Wildman–Crippen LogP) is 2.65. The van der Waals surface area contributed by atoms with E-state index in [0.29, 0.717) is 6.42 Å². The average molecular weight is 289 g/mol. The summed E-state index contributed by atoms with van der Waals surface area (Å²) in [7, 11) is 0. The van der Waals surface area contributed by atoms with Crippen molar-refractivity contribution in [1.29, 1.82) is 0 Å². The minimum atomic E-state index is -0.409. The van der Waals surface area contributed by atoms with Gasteiger partial charge in [0.2, 0.25) is 0 Å². The number of fused-ring (bicyclic) bond motifs is 1. The molecule has 1 aliphatic heterocycles. The molecule has 5 heteroatoms. The van der Waals surface area contributed by atoms with E-state index in [0.717, 1.165) is 11.6 Å². The van der Waals surface area contributed by atoms with Crippen LogP contribution in [0, 0.1) is 0 Å². The van der Waals surface area contributed by atoms with Crippen molar-refractivity contribution in [3.63, 3.8) is 0 Å².